The van der Waals surface area contributed by atoms with Gasteiger partial charge in [0.15, 0.2) is 0 Å². The minimum Gasteiger partial charge on any atom is -0.469 e. The first-order chi connectivity index (χ1) is 8.65. The minimum absolute atomic E-state index is 0.198. The third-order valence-electron chi connectivity index (χ3n) is 3.14. The Morgan fingerprint density at radius 3 is 2.67 bits per heavy atom. The monoisotopic (exact) mass is 252 g/mol. The zero-order valence-corrected chi connectivity index (χ0v) is 11.4. The number of amides is 1. The average molecular weight is 252 g/mol. The summed E-state index contributed by atoms with van der Waals surface area (Å²) in [6, 6.07) is 1.92. The number of hydrogen-bond donors (Lipinski definition) is 1. The average Bonchev–Trinajstić information content (AvgIpc) is 2.74. The van der Waals surface area contributed by atoms with Crippen LogP contribution in [0.1, 0.15) is 43.4 Å². The summed E-state index contributed by atoms with van der Waals surface area (Å²) in [6.45, 7) is 3.29. The Morgan fingerprint density at radius 2 is 2.06 bits per heavy atom. The van der Waals surface area contributed by atoms with Crippen LogP contribution in [0.25, 0.3) is 0 Å². The number of furan rings is 1. The van der Waals surface area contributed by atoms with E-state index in [1.54, 1.807) is 11.2 Å². The molecule has 0 unspecified atom stereocenters. The van der Waals surface area contributed by atoms with Crippen molar-refractivity contribution in [3.63, 3.8) is 0 Å². The highest BCUT2D eigenvalue weighted by Crippen LogP contribution is 2.12. The number of nitrogens with two attached hydrogens (primary N) is 1. The third-order valence-corrected chi connectivity index (χ3v) is 3.14. The molecule has 0 aliphatic carbocycles. The van der Waals surface area contributed by atoms with E-state index in [-0.39, 0.29) is 5.91 Å². The van der Waals surface area contributed by atoms with E-state index in [0.29, 0.717) is 13.0 Å². The van der Waals surface area contributed by atoms with Gasteiger partial charge >= 0.3 is 0 Å². The van der Waals surface area contributed by atoms with Gasteiger partial charge in [-0.25, -0.2) is 0 Å². The van der Waals surface area contributed by atoms with Crippen LogP contribution in [0.5, 0.6) is 0 Å². The highest BCUT2D eigenvalue weighted by atomic mass is 16.3. The smallest absolute Gasteiger partial charge is 0.222 e. The molecule has 1 rings (SSSR count). The lowest BCUT2D eigenvalue weighted by molar-refractivity contribution is -0.130. The Kier molecular flexibility index (Phi) is 6.50. The zero-order chi connectivity index (χ0) is 13.4. The SMILES string of the molecule is Cc1occc1CN(C)C(=O)CCCCCCN. The highest BCUT2D eigenvalue weighted by Gasteiger charge is 2.11. The molecule has 0 aliphatic heterocycles. The number of rotatable bonds is 8. The fourth-order valence-electron chi connectivity index (χ4n) is 1.88. The number of carbonyl (C=O) groups is 1. The van der Waals surface area contributed by atoms with E-state index in [2.05, 4.69) is 0 Å². The van der Waals surface area contributed by atoms with Crippen molar-refractivity contribution in [3.05, 3.63) is 23.7 Å². The third kappa shape index (κ3) is 4.92. The summed E-state index contributed by atoms with van der Waals surface area (Å²) < 4.78 is 5.22. The van der Waals surface area contributed by atoms with Crippen LogP contribution in [0.15, 0.2) is 16.7 Å². The summed E-state index contributed by atoms with van der Waals surface area (Å²) in [5.74, 6) is 1.08. The predicted octanol–water partition coefficient (Wildman–Crippen LogP) is 2.46. The van der Waals surface area contributed by atoms with Crippen LogP contribution >= 0.6 is 0 Å². The Morgan fingerprint density at radius 1 is 1.33 bits per heavy atom. The molecule has 0 aromatic carbocycles. The van der Waals surface area contributed by atoms with Crippen LogP contribution in [0, 0.1) is 6.92 Å². The fraction of sp³-hybridized carbons (Fsp3) is 0.643. The van der Waals surface area contributed by atoms with Crippen LogP contribution < -0.4 is 5.73 Å². The van der Waals surface area contributed by atoms with Crippen molar-refractivity contribution in [3.8, 4) is 0 Å². The van der Waals surface area contributed by atoms with Crippen molar-refractivity contribution in [2.45, 2.75) is 45.6 Å². The summed E-state index contributed by atoms with van der Waals surface area (Å²) in [5.41, 5.74) is 6.50. The van der Waals surface area contributed by atoms with Gasteiger partial charge < -0.3 is 15.1 Å². The first-order valence-electron chi connectivity index (χ1n) is 6.62. The molecule has 0 fully saturated rings. The van der Waals surface area contributed by atoms with Gasteiger partial charge in [0.25, 0.3) is 0 Å². The van der Waals surface area contributed by atoms with E-state index >= 15 is 0 Å². The molecule has 0 aliphatic rings. The van der Waals surface area contributed by atoms with Crippen LogP contribution in [0.2, 0.25) is 0 Å². The Labute approximate surface area is 109 Å². The lowest BCUT2D eigenvalue weighted by Crippen LogP contribution is -2.25. The van der Waals surface area contributed by atoms with Crippen LogP contribution in [-0.2, 0) is 11.3 Å². The molecular weight excluding hydrogens is 228 g/mol. The van der Waals surface area contributed by atoms with Crippen LogP contribution in [0.3, 0.4) is 0 Å². The maximum Gasteiger partial charge on any atom is 0.222 e. The fourth-order valence-corrected chi connectivity index (χ4v) is 1.88. The molecular formula is C14H24N2O2. The van der Waals surface area contributed by atoms with Crippen molar-refractivity contribution in [2.24, 2.45) is 5.73 Å². The number of carbonyl (C=O) groups excluding carboxylic acids is 1. The molecule has 4 heteroatoms. The van der Waals surface area contributed by atoms with Gasteiger partial charge in [0.1, 0.15) is 5.76 Å². The number of nitrogens with zero attached hydrogens (tertiary/aromatic N) is 1. The second kappa shape index (κ2) is 7.93. The molecule has 18 heavy (non-hydrogen) atoms. The first kappa shape index (κ1) is 14.8. The topological polar surface area (TPSA) is 59.5 Å². The molecule has 0 atom stereocenters. The number of hydrogen-bond acceptors (Lipinski definition) is 3. The molecule has 0 bridgehead atoms. The summed E-state index contributed by atoms with van der Waals surface area (Å²) in [5, 5.41) is 0. The van der Waals surface area contributed by atoms with Crippen molar-refractivity contribution in [2.75, 3.05) is 13.6 Å². The van der Waals surface area contributed by atoms with Crippen LogP contribution in [0.4, 0.5) is 0 Å². The van der Waals surface area contributed by atoms with Gasteiger partial charge in [0, 0.05) is 25.6 Å². The standard InChI is InChI=1S/C14H24N2O2/c1-12-13(8-10-18-12)11-16(2)14(17)7-5-3-4-6-9-15/h8,10H,3-7,9,11,15H2,1-2H3. The van der Waals surface area contributed by atoms with Gasteiger partial charge in [0.2, 0.25) is 5.91 Å². The molecule has 102 valence electrons. The maximum absolute atomic E-state index is 11.9. The number of unbranched alkanes of at least 4 members (excludes halogenated alkanes) is 3. The molecule has 0 radical (unpaired) electrons. The zero-order valence-electron chi connectivity index (χ0n) is 11.4. The van der Waals surface area contributed by atoms with E-state index in [4.69, 9.17) is 10.2 Å². The van der Waals surface area contributed by atoms with Gasteiger partial charge in [-0.15, -0.1) is 0 Å². The minimum atomic E-state index is 0.198. The van der Waals surface area contributed by atoms with Crippen molar-refractivity contribution in [1.29, 1.82) is 0 Å². The Bertz CT molecular complexity index is 360. The van der Waals surface area contributed by atoms with E-state index in [0.717, 1.165) is 43.6 Å². The predicted molar refractivity (Wildman–Crippen MR) is 72.1 cm³/mol. The van der Waals surface area contributed by atoms with Gasteiger partial charge in [-0.2, -0.15) is 0 Å². The first-order valence-corrected chi connectivity index (χ1v) is 6.62. The lowest BCUT2D eigenvalue weighted by Gasteiger charge is -2.16. The molecule has 1 aromatic heterocycles. The van der Waals surface area contributed by atoms with Crippen molar-refractivity contribution in [1.82, 2.24) is 4.90 Å². The van der Waals surface area contributed by atoms with Gasteiger partial charge in [-0.05, 0) is 32.4 Å². The van der Waals surface area contributed by atoms with Gasteiger partial charge in [-0.1, -0.05) is 12.8 Å². The lowest BCUT2D eigenvalue weighted by atomic mass is 10.1. The van der Waals surface area contributed by atoms with E-state index in [1.165, 1.54) is 0 Å². The largest absolute Gasteiger partial charge is 0.469 e. The summed E-state index contributed by atoms with van der Waals surface area (Å²) in [7, 11) is 1.84. The van der Waals surface area contributed by atoms with Crippen molar-refractivity contribution < 1.29 is 9.21 Å². The molecule has 1 aromatic rings. The summed E-state index contributed by atoms with van der Waals surface area (Å²) >= 11 is 0. The van der Waals surface area contributed by atoms with E-state index < -0.39 is 0 Å². The van der Waals surface area contributed by atoms with Crippen LogP contribution in [-0.4, -0.2) is 24.4 Å². The van der Waals surface area contributed by atoms with Gasteiger partial charge in [0.05, 0.1) is 6.26 Å². The van der Waals surface area contributed by atoms with E-state index in [1.807, 2.05) is 20.0 Å². The Hall–Kier alpha value is -1.29. The van der Waals surface area contributed by atoms with E-state index in [9.17, 15) is 4.79 Å². The summed E-state index contributed by atoms with van der Waals surface area (Å²) in [6.07, 6.45) is 6.50. The molecule has 0 saturated heterocycles. The second-order valence-corrected chi connectivity index (χ2v) is 4.70. The molecule has 0 saturated carbocycles. The molecule has 4 nitrogen and oxygen atoms in total. The molecule has 0 spiro atoms. The quantitative estimate of drug-likeness (QED) is 0.723. The van der Waals surface area contributed by atoms with Gasteiger partial charge in [-0.3, -0.25) is 4.79 Å². The highest BCUT2D eigenvalue weighted by molar-refractivity contribution is 5.75. The van der Waals surface area contributed by atoms with Crippen molar-refractivity contribution >= 4 is 5.91 Å². The normalized spacial score (nSPS) is 10.6. The number of aryl methyl sites for hydroxylation is 1. The maximum atomic E-state index is 11.9. The molecule has 2 N–H and O–H groups in total. The molecule has 1 heterocycles. The molecule has 1 amide bonds. The second-order valence-electron chi connectivity index (χ2n) is 4.70. The Balaban J connectivity index is 2.23. The summed E-state index contributed by atoms with van der Waals surface area (Å²) in [4.78, 5) is 13.6.